The third-order valence-corrected chi connectivity index (χ3v) is 21.3. The predicted octanol–water partition coefficient (Wildman–Crippen LogP) is 6.50. The molecular formula is C26H45NSiTi. The van der Waals surface area contributed by atoms with Crippen LogP contribution in [0.5, 0.6) is 0 Å². The van der Waals surface area contributed by atoms with E-state index < -0.39 is 16.1 Å². The second-order valence-corrected chi connectivity index (χ2v) is 23.7. The van der Waals surface area contributed by atoms with Crippen LogP contribution in [-0.2, 0) is 16.1 Å². The molecule has 162 valence electrons. The fourth-order valence-electron chi connectivity index (χ4n) is 5.14. The van der Waals surface area contributed by atoms with E-state index in [2.05, 4.69) is 74.0 Å². The Morgan fingerprint density at radius 1 is 0.862 bits per heavy atom. The Bertz CT molecular complexity index is 694. The summed E-state index contributed by atoms with van der Waals surface area (Å²) in [6, 6.07) is 11.4. The molecule has 1 N–H and O–H groups in total. The zero-order valence-corrected chi connectivity index (χ0v) is 23.0. The minimum absolute atomic E-state index is 0.294. The molecule has 1 nitrogen and oxygen atoms in total. The standard InChI is InChI=1S/C10H22N.C9H13.C6H7Si.CH3.Ti/c1-2-3-4-5-6-7-8-9-10-11;1-6-5-7(2)9(4)8(6)3;7-6-4-2-1-3-5-6;;/h11H,2-10H2,1H3;6H,1-4H3;1-5H,7H2;1H3;/q-1;;;;+1. The summed E-state index contributed by atoms with van der Waals surface area (Å²) in [4.78, 5) is 0. The molecule has 0 bridgehead atoms. The molecule has 2 unspecified atom stereocenters. The quantitative estimate of drug-likeness (QED) is 0.269. The van der Waals surface area contributed by atoms with E-state index in [1.165, 1.54) is 57.9 Å². The zero-order valence-electron chi connectivity index (χ0n) is 20.0. The van der Waals surface area contributed by atoms with Crippen LogP contribution < -0.4 is 8.99 Å². The molecule has 1 aromatic rings. The van der Waals surface area contributed by atoms with E-state index in [9.17, 15) is 0 Å². The van der Waals surface area contributed by atoms with E-state index >= 15 is 0 Å². The van der Waals surface area contributed by atoms with Crippen molar-refractivity contribution in [3.05, 3.63) is 50.9 Å². The van der Waals surface area contributed by atoms with Crippen molar-refractivity contribution in [1.82, 2.24) is 3.80 Å². The van der Waals surface area contributed by atoms with Gasteiger partial charge in [0.2, 0.25) is 0 Å². The first-order chi connectivity index (χ1) is 13.9. The fraction of sp³-hybridized carbons (Fsp3) is 0.615. The van der Waals surface area contributed by atoms with Gasteiger partial charge in [-0.3, -0.25) is 0 Å². The molecular weight excluding hydrogens is 402 g/mol. The van der Waals surface area contributed by atoms with Crippen LogP contribution in [0.15, 0.2) is 50.9 Å². The number of allylic oxidation sites excluding steroid dienone is 4. The van der Waals surface area contributed by atoms with Gasteiger partial charge in [0.1, 0.15) is 0 Å². The molecule has 2 atom stereocenters. The Labute approximate surface area is 186 Å². The average molecular weight is 448 g/mol. The van der Waals surface area contributed by atoms with Crippen LogP contribution in [0.2, 0.25) is 5.23 Å². The molecule has 29 heavy (non-hydrogen) atoms. The molecule has 3 heteroatoms. The van der Waals surface area contributed by atoms with Gasteiger partial charge < -0.3 is 0 Å². The van der Waals surface area contributed by atoms with E-state index in [1.807, 2.05) is 3.88 Å². The molecule has 1 aliphatic rings. The SMILES string of the molecule is CCCCCCCCCC[NH][Ti]([CH3])([SiH2]c1ccccc1)[C]1=C(C)C(C)=C(C)C1C. The van der Waals surface area contributed by atoms with Gasteiger partial charge in [0.05, 0.1) is 0 Å². The number of unbranched alkanes of at least 4 members (excludes halogenated alkanes) is 7. The van der Waals surface area contributed by atoms with E-state index in [0.717, 1.165) is 0 Å². The van der Waals surface area contributed by atoms with E-state index in [1.54, 1.807) is 21.9 Å². The average Bonchev–Trinajstić information content (AvgIpc) is 2.90. The Kier molecular flexibility index (Phi) is 10.7. The molecule has 2 rings (SSSR count). The van der Waals surface area contributed by atoms with Crippen LogP contribution in [0.1, 0.15) is 86.0 Å². The summed E-state index contributed by atoms with van der Waals surface area (Å²) in [6.45, 7) is 13.1. The molecule has 0 aliphatic heterocycles. The molecule has 0 spiro atoms. The van der Waals surface area contributed by atoms with Crippen LogP contribution in [0, 0.1) is 5.92 Å². The maximum absolute atomic E-state index is 4.26. The normalized spacial score (nSPS) is 19.6. The summed E-state index contributed by atoms with van der Waals surface area (Å²) in [5.41, 5.74) is 4.81. The van der Waals surface area contributed by atoms with Gasteiger partial charge in [-0.05, 0) is 0 Å². The third-order valence-electron chi connectivity index (χ3n) is 7.18. The summed E-state index contributed by atoms with van der Waals surface area (Å²) in [6.07, 6.45) is 11.2. The molecule has 0 amide bonds. The number of hydrogen-bond acceptors (Lipinski definition) is 1. The van der Waals surface area contributed by atoms with Crippen LogP contribution >= 0.6 is 0 Å². The van der Waals surface area contributed by atoms with E-state index in [0.29, 0.717) is 5.92 Å². The van der Waals surface area contributed by atoms with Gasteiger partial charge in [0.15, 0.2) is 0 Å². The number of rotatable bonds is 13. The summed E-state index contributed by atoms with van der Waals surface area (Å²) in [5, 5.41) is 4.33. The Hall–Kier alpha value is -0.409. The molecule has 0 saturated heterocycles. The van der Waals surface area contributed by atoms with Crippen LogP contribution in [-0.4, -0.2) is 13.9 Å². The Balaban J connectivity index is 1.98. The van der Waals surface area contributed by atoms with Gasteiger partial charge in [-0.2, -0.15) is 0 Å². The summed E-state index contributed by atoms with van der Waals surface area (Å²) in [5.74, 6) is 0.655. The van der Waals surface area contributed by atoms with Crippen LogP contribution in [0.25, 0.3) is 0 Å². The fourth-order valence-corrected chi connectivity index (χ4v) is 21.1. The Morgan fingerprint density at radius 3 is 2.00 bits per heavy atom. The van der Waals surface area contributed by atoms with Crippen molar-refractivity contribution in [2.24, 2.45) is 5.92 Å². The molecule has 0 radical (unpaired) electrons. The third kappa shape index (κ3) is 7.06. The van der Waals surface area contributed by atoms with Crippen LogP contribution in [0.4, 0.5) is 0 Å². The Morgan fingerprint density at radius 2 is 1.45 bits per heavy atom. The van der Waals surface area contributed by atoms with Crippen LogP contribution in [0.3, 0.4) is 0 Å². The first-order valence-corrected chi connectivity index (χ1v) is 19.9. The van der Waals surface area contributed by atoms with Crippen molar-refractivity contribution in [2.45, 2.75) is 91.2 Å². The van der Waals surface area contributed by atoms with Crippen molar-refractivity contribution in [3.63, 3.8) is 0 Å². The molecule has 0 heterocycles. The number of nitrogens with one attached hydrogen (secondary N) is 1. The summed E-state index contributed by atoms with van der Waals surface area (Å²) in [7, 11) is -0.294. The van der Waals surface area contributed by atoms with Gasteiger partial charge in [-0.25, -0.2) is 0 Å². The maximum atomic E-state index is 4.26. The number of benzene rings is 1. The topological polar surface area (TPSA) is 12.0 Å². The van der Waals surface area contributed by atoms with Gasteiger partial charge in [-0.1, -0.05) is 0 Å². The van der Waals surface area contributed by atoms with Gasteiger partial charge in [-0.15, -0.1) is 0 Å². The molecule has 0 saturated carbocycles. The monoisotopic (exact) mass is 447 g/mol. The minimum atomic E-state index is -2.25. The molecule has 1 aliphatic carbocycles. The van der Waals surface area contributed by atoms with Crippen molar-refractivity contribution in [1.29, 1.82) is 0 Å². The van der Waals surface area contributed by atoms with Gasteiger partial charge >= 0.3 is 187 Å². The van der Waals surface area contributed by atoms with Crippen molar-refractivity contribution in [2.75, 3.05) is 6.54 Å². The van der Waals surface area contributed by atoms with Crippen molar-refractivity contribution < 1.29 is 16.1 Å². The molecule has 0 fully saturated rings. The molecule has 0 aromatic heterocycles. The van der Waals surface area contributed by atoms with Gasteiger partial charge in [0, 0.05) is 0 Å². The first kappa shape index (κ1) is 24.9. The van der Waals surface area contributed by atoms with Gasteiger partial charge in [0.25, 0.3) is 0 Å². The predicted molar refractivity (Wildman–Crippen MR) is 131 cm³/mol. The van der Waals surface area contributed by atoms with Crippen molar-refractivity contribution >= 4 is 12.6 Å². The second-order valence-electron chi connectivity index (χ2n) is 9.46. The molecule has 1 aromatic carbocycles. The van der Waals surface area contributed by atoms with E-state index in [-0.39, 0.29) is 7.39 Å². The summed E-state index contributed by atoms with van der Waals surface area (Å²) >= 11 is -2.25. The van der Waals surface area contributed by atoms with E-state index in [4.69, 9.17) is 0 Å². The zero-order chi connectivity index (χ0) is 21.3. The second kappa shape index (κ2) is 12.4. The number of hydrogen-bond donors (Lipinski definition) is 1. The summed E-state index contributed by atoms with van der Waals surface area (Å²) < 4.78 is 6.12. The van der Waals surface area contributed by atoms with Crippen molar-refractivity contribution in [3.8, 4) is 0 Å². The first-order valence-electron chi connectivity index (χ1n) is 12.1.